The van der Waals surface area contributed by atoms with E-state index in [9.17, 15) is 4.79 Å². The fraction of sp³-hybridized carbons (Fsp3) is 0.500. The molecule has 0 saturated carbocycles. The second-order valence-electron chi connectivity index (χ2n) is 6.37. The predicted octanol–water partition coefficient (Wildman–Crippen LogP) is 4.79. The number of aryl methyl sites for hydroxylation is 2. The minimum absolute atomic E-state index is 0.184. The van der Waals surface area contributed by atoms with Gasteiger partial charge in [-0.05, 0) is 58.7 Å². The maximum atomic E-state index is 11.2. The summed E-state index contributed by atoms with van der Waals surface area (Å²) in [5, 5.41) is 9.66. The van der Waals surface area contributed by atoms with E-state index >= 15 is 0 Å². The van der Waals surface area contributed by atoms with Crippen molar-refractivity contribution in [1.82, 2.24) is 4.98 Å². The third-order valence-electron chi connectivity index (χ3n) is 2.91. The van der Waals surface area contributed by atoms with E-state index in [1.54, 1.807) is 27.7 Å². The zero-order valence-electron chi connectivity index (χ0n) is 15.8. The molecule has 0 saturated heterocycles. The van der Waals surface area contributed by atoms with Gasteiger partial charge in [-0.1, -0.05) is 32.0 Å². The third kappa shape index (κ3) is 7.89. The quantitative estimate of drug-likeness (QED) is 0.866. The number of aromatic nitrogens is 1. The number of para-hydroxylation sites is 1. The van der Waals surface area contributed by atoms with Gasteiger partial charge in [0.2, 0.25) is 0 Å². The van der Waals surface area contributed by atoms with E-state index in [1.807, 2.05) is 39.0 Å². The molecule has 23 heavy (non-hydrogen) atoms. The van der Waals surface area contributed by atoms with Crippen LogP contribution in [-0.4, -0.2) is 21.5 Å². The van der Waals surface area contributed by atoms with Gasteiger partial charge in [0.1, 0.15) is 5.78 Å². The molecule has 0 radical (unpaired) electrons. The highest BCUT2D eigenvalue weighted by atomic mass is 16.3. The van der Waals surface area contributed by atoms with Gasteiger partial charge < -0.3 is 5.11 Å². The number of carbonyl (C=O) groups is 1. The zero-order valence-corrected chi connectivity index (χ0v) is 15.8. The average Bonchev–Trinajstić information content (AvgIpc) is 2.44. The summed E-state index contributed by atoms with van der Waals surface area (Å²) in [4.78, 5) is 15.8. The van der Waals surface area contributed by atoms with Crippen molar-refractivity contribution >= 4 is 16.7 Å². The van der Waals surface area contributed by atoms with Crippen LogP contribution in [0.3, 0.4) is 0 Å². The van der Waals surface area contributed by atoms with E-state index in [1.165, 1.54) is 5.56 Å². The minimum atomic E-state index is -0.500. The van der Waals surface area contributed by atoms with Gasteiger partial charge in [0.05, 0.1) is 11.1 Å². The summed E-state index contributed by atoms with van der Waals surface area (Å²) in [5.74, 6) is 0.184. The van der Waals surface area contributed by atoms with Crippen molar-refractivity contribution in [3.05, 3.63) is 41.1 Å². The highest BCUT2D eigenvalue weighted by molar-refractivity contribution is 5.86. The summed E-state index contributed by atoms with van der Waals surface area (Å²) in [6, 6.07) is 8.05. The molecule has 0 amide bonds. The number of nitrogens with zero attached hydrogens (tertiary/aromatic N) is 1. The van der Waals surface area contributed by atoms with Crippen molar-refractivity contribution in [1.29, 1.82) is 0 Å². The van der Waals surface area contributed by atoms with Gasteiger partial charge in [-0.2, -0.15) is 0 Å². The standard InChI is InChI=1S/C14H15NO.C4H10O.C2H6/c1-9(16)8-13-10(2)12-6-4-5-7-14(12)15-11(13)3;1-4(2,3)5;1-2/h4-7H,8H2,1-3H3;5H,1-3H3;1-2H3. The highest BCUT2D eigenvalue weighted by Crippen LogP contribution is 2.22. The number of hydrogen-bond donors (Lipinski definition) is 1. The van der Waals surface area contributed by atoms with Crippen LogP contribution < -0.4 is 0 Å². The molecule has 1 heterocycles. The lowest BCUT2D eigenvalue weighted by atomic mass is 9.98. The van der Waals surface area contributed by atoms with Crippen LogP contribution in [-0.2, 0) is 11.2 Å². The van der Waals surface area contributed by atoms with Crippen LogP contribution in [0, 0.1) is 13.8 Å². The maximum Gasteiger partial charge on any atom is 0.134 e. The molecule has 0 aliphatic carbocycles. The lowest BCUT2D eigenvalue weighted by Crippen LogP contribution is -2.10. The van der Waals surface area contributed by atoms with Crippen molar-refractivity contribution < 1.29 is 9.90 Å². The molecule has 3 nitrogen and oxygen atoms in total. The summed E-state index contributed by atoms with van der Waals surface area (Å²) >= 11 is 0. The van der Waals surface area contributed by atoms with Crippen molar-refractivity contribution in [2.24, 2.45) is 0 Å². The van der Waals surface area contributed by atoms with E-state index in [0.717, 1.165) is 22.2 Å². The molecule has 0 aliphatic rings. The summed E-state index contributed by atoms with van der Waals surface area (Å²) in [6.45, 7) is 14.9. The Hall–Kier alpha value is -1.74. The normalized spacial score (nSPS) is 10.3. The van der Waals surface area contributed by atoms with Gasteiger partial charge in [-0.25, -0.2) is 0 Å². The first kappa shape index (κ1) is 21.3. The first-order valence-electron chi connectivity index (χ1n) is 8.16. The Bertz CT molecular complexity index is 634. The van der Waals surface area contributed by atoms with Gasteiger partial charge in [0.25, 0.3) is 0 Å². The number of fused-ring (bicyclic) bond motifs is 1. The summed E-state index contributed by atoms with van der Waals surface area (Å²) in [7, 11) is 0. The lowest BCUT2D eigenvalue weighted by Gasteiger charge is -2.10. The molecule has 1 aromatic heterocycles. The minimum Gasteiger partial charge on any atom is -0.391 e. The van der Waals surface area contributed by atoms with Crippen LogP contribution >= 0.6 is 0 Å². The number of pyridine rings is 1. The Morgan fingerprint density at radius 3 is 2.09 bits per heavy atom. The van der Waals surface area contributed by atoms with Gasteiger partial charge >= 0.3 is 0 Å². The molecule has 0 aliphatic heterocycles. The molecule has 128 valence electrons. The monoisotopic (exact) mass is 317 g/mol. The van der Waals surface area contributed by atoms with Crippen LogP contribution in [0.4, 0.5) is 0 Å². The highest BCUT2D eigenvalue weighted by Gasteiger charge is 2.10. The number of benzene rings is 1. The first-order valence-corrected chi connectivity index (χ1v) is 8.16. The van der Waals surface area contributed by atoms with E-state index in [4.69, 9.17) is 5.11 Å². The molecule has 0 unspecified atom stereocenters. The number of ketones is 1. The Morgan fingerprint density at radius 2 is 1.61 bits per heavy atom. The first-order chi connectivity index (χ1) is 10.6. The van der Waals surface area contributed by atoms with Crippen LogP contribution in [0.2, 0.25) is 0 Å². The van der Waals surface area contributed by atoms with Crippen molar-refractivity contribution in [2.45, 2.75) is 67.4 Å². The molecular weight excluding hydrogens is 286 g/mol. The van der Waals surface area contributed by atoms with Crippen LogP contribution in [0.1, 0.15) is 58.4 Å². The molecular formula is C20H31NO2. The number of rotatable bonds is 2. The average molecular weight is 317 g/mol. The smallest absolute Gasteiger partial charge is 0.134 e. The molecule has 1 aromatic carbocycles. The number of aliphatic hydroxyl groups is 1. The molecule has 0 atom stereocenters. The molecule has 2 rings (SSSR count). The molecule has 1 N–H and O–H groups in total. The van der Waals surface area contributed by atoms with E-state index in [2.05, 4.69) is 18.0 Å². The largest absolute Gasteiger partial charge is 0.391 e. The predicted molar refractivity (Wildman–Crippen MR) is 98.9 cm³/mol. The molecule has 0 bridgehead atoms. The summed E-state index contributed by atoms with van der Waals surface area (Å²) in [6.07, 6.45) is 0.482. The fourth-order valence-corrected chi connectivity index (χ4v) is 2.08. The molecule has 2 aromatic rings. The van der Waals surface area contributed by atoms with Gasteiger partial charge in [-0.15, -0.1) is 0 Å². The zero-order chi connectivity index (χ0) is 18.2. The second-order valence-corrected chi connectivity index (χ2v) is 6.37. The second kappa shape index (κ2) is 9.41. The molecule has 0 spiro atoms. The SMILES string of the molecule is CC.CC(=O)Cc1c(C)nc2ccccc2c1C.CC(C)(C)O. The molecule has 3 heteroatoms. The van der Waals surface area contributed by atoms with Crippen molar-refractivity contribution in [2.75, 3.05) is 0 Å². The number of carbonyl (C=O) groups excluding carboxylic acids is 1. The number of Topliss-reactive ketones (excluding diaryl/α,β-unsaturated/α-hetero) is 1. The summed E-state index contributed by atoms with van der Waals surface area (Å²) < 4.78 is 0. The lowest BCUT2D eigenvalue weighted by molar-refractivity contribution is -0.116. The van der Waals surface area contributed by atoms with E-state index < -0.39 is 5.60 Å². The Labute approximate surface area is 140 Å². The fourth-order valence-electron chi connectivity index (χ4n) is 2.08. The van der Waals surface area contributed by atoms with E-state index in [0.29, 0.717) is 6.42 Å². The van der Waals surface area contributed by atoms with Gasteiger partial charge in [-0.3, -0.25) is 9.78 Å². The third-order valence-corrected chi connectivity index (χ3v) is 2.91. The topological polar surface area (TPSA) is 50.2 Å². The van der Waals surface area contributed by atoms with Crippen LogP contribution in [0.15, 0.2) is 24.3 Å². The summed E-state index contributed by atoms with van der Waals surface area (Å²) in [5.41, 5.74) is 3.72. The van der Waals surface area contributed by atoms with Crippen LogP contribution in [0.25, 0.3) is 10.9 Å². The van der Waals surface area contributed by atoms with Crippen molar-refractivity contribution in [3.8, 4) is 0 Å². The maximum absolute atomic E-state index is 11.2. The number of hydrogen-bond acceptors (Lipinski definition) is 3. The molecule has 0 fully saturated rings. The van der Waals surface area contributed by atoms with Crippen LogP contribution in [0.5, 0.6) is 0 Å². The van der Waals surface area contributed by atoms with E-state index in [-0.39, 0.29) is 5.78 Å². The van der Waals surface area contributed by atoms with Gasteiger partial charge in [0, 0.05) is 17.5 Å². The van der Waals surface area contributed by atoms with Crippen molar-refractivity contribution in [3.63, 3.8) is 0 Å². The Morgan fingerprint density at radius 1 is 1.13 bits per heavy atom. The Balaban J connectivity index is 0.000000594. The van der Waals surface area contributed by atoms with Gasteiger partial charge in [0.15, 0.2) is 0 Å². The Kier molecular flexibility index (Phi) is 8.70.